The van der Waals surface area contributed by atoms with Gasteiger partial charge in [-0.1, -0.05) is 6.92 Å². The number of hydrogen-bond donors (Lipinski definition) is 0. The molecule has 5 fully saturated rings. The van der Waals surface area contributed by atoms with Crippen LogP contribution in [0.4, 0.5) is 136 Å². The summed E-state index contributed by atoms with van der Waals surface area (Å²) in [6.07, 6.45) is -13.9. The average Bonchev–Trinajstić information content (AvgIpc) is 0.913. The zero-order valence-corrected chi connectivity index (χ0v) is 59.4. The predicted octanol–water partition coefficient (Wildman–Crippen LogP) is 14.9. The third-order valence-electron chi connectivity index (χ3n) is 15.4. The largest absolute Gasteiger partial charge is 0.514 e. The van der Waals surface area contributed by atoms with Gasteiger partial charge in [0.2, 0.25) is 57.8 Å². The summed E-state index contributed by atoms with van der Waals surface area (Å²) < 4.78 is 357. The first kappa shape index (κ1) is 92.3. The molecular weight excluding hydrogens is 1650 g/mol. The molecular formula is C66H52F20O30. The fraction of sp³-hybridized carbons (Fsp3) is 0.394. The van der Waals surface area contributed by atoms with E-state index in [0.717, 1.165) is 34.6 Å². The van der Waals surface area contributed by atoms with Gasteiger partial charge in [-0.15, -0.1) is 0 Å². The highest BCUT2D eigenvalue weighted by molar-refractivity contribution is 5.68. The van der Waals surface area contributed by atoms with Crippen LogP contribution >= 0.6 is 0 Å². The first-order chi connectivity index (χ1) is 54.3. The lowest BCUT2D eigenvalue weighted by Crippen LogP contribution is -2.43. The van der Waals surface area contributed by atoms with Crippen LogP contribution in [-0.4, -0.2) is 160 Å². The maximum atomic E-state index is 13.8. The summed E-state index contributed by atoms with van der Waals surface area (Å²) >= 11 is 0. The van der Waals surface area contributed by atoms with Crippen LogP contribution in [0.15, 0.2) is 0 Å². The molecule has 0 bridgehead atoms. The fourth-order valence-corrected chi connectivity index (χ4v) is 8.57. The van der Waals surface area contributed by atoms with Crippen LogP contribution in [0, 0.1) is 168 Å². The minimum atomic E-state index is -2.01. The maximum absolute atomic E-state index is 13.8. The highest BCUT2D eigenvalue weighted by Crippen LogP contribution is 2.37. The normalized spacial score (nSPS) is 15.8. The Morgan fingerprint density at radius 3 is 0.914 bits per heavy atom. The van der Waals surface area contributed by atoms with E-state index in [1.165, 1.54) is 0 Å². The quantitative estimate of drug-likeness (QED) is 0.0235. The number of rotatable bonds is 15. The van der Waals surface area contributed by atoms with E-state index in [0.29, 0.717) is 6.42 Å². The van der Waals surface area contributed by atoms with Crippen molar-refractivity contribution in [1.82, 2.24) is 0 Å². The van der Waals surface area contributed by atoms with Gasteiger partial charge in [-0.25, -0.2) is 114 Å². The second-order valence-corrected chi connectivity index (χ2v) is 24.0. The number of cyclic esters (lactones) is 10. The van der Waals surface area contributed by atoms with Crippen molar-refractivity contribution in [2.45, 2.75) is 67.1 Å². The Hall–Kier alpha value is -12.6. The summed E-state index contributed by atoms with van der Waals surface area (Å²) in [6.45, 7) is 4.45. The van der Waals surface area contributed by atoms with E-state index in [2.05, 4.69) is 80.5 Å². The Labute approximate surface area is 633 Å². The smallest absolute Gasteiger partial charge is 0.434 e. The summed E-state index contributed by atoms with van der Waals surface area (Å²) in [5.74, 6) is -43.9. The molecule has 5 aliphatic heterocycles. The topological polar surface area (TPSA) is 355 Å². The molecule has 0 amide bonds. The summed E-state index contributed by atoms with van der Waals surface area (Å²) in [6, 6.07) is 0. The van der Waals surface area contributed by atoms with Crippen molar-refractivity contribution in [2.75, 3.05) is 85.9 Å². The van der Waals surface area contributed by atoms with Gasteiger partial charge in [0.1, 0.15) is 85.9 Å². The molecule has 5 aromatic carbocycles. The lowest BCUT2D eigenvalue weighted by molar-refractivity contribution is -0.0865. The van der Waals surface area contributed by atoms with Crippen molar-refractivity contribution < 1.29 is 230 Å². The van der Waals surface area contributed by atoms with E-state index < -0.39 is 270 Å². The van der Waals surface area contributed by atoms with E-state index >= 15 is 0 Å². The molecule has 5 aromatic rings. The summed E-state index contributed by atoms with van der Waals surface area (Å²) in [4.78, 5) is 111. The van der Waals surface area contributed by atoms with Gasteiger partial charge in [0, 0.05) is 27.8 Å². The van der Waals surface area contributed by atoms with Crippen LogP contribution in [0.25, 0.3) is 0 Å². The summed E-state index contributed by atoms with van der Waals surface area (Å²) in [7, 11) is 0. The number of hydrogen-bond acceptors (Lipinski definition) is 30. The van der Waals surface area contributed by atoms with Crippen molar-refractivity contribution in [3.05, 3.63) is 144 Å². The first-order valence-corrected chi connectivity index (χ1v) is 31.7. The molecule has 30 nitrogen and oxygen atoms in total. The van der Waals surface area contributed by atoms with Crippen molar-refractivity contribution in [3.8, 4) is 28.7 Å². The predicted molar refractivity (Wildman–Crippen MR) is 324 cm³/mol. The third-order valence-corrected chi connectivity index (χ3v) is 15.4. The average molecular weight is 1710 g/mol. The molecule has 5 saturated heterocycles. The SMILES string of the molecule is CCC1(COC(=O)Oc2c(F)c(C)c(F)c(F)c2F)COC(=O)OC1.Cc1c(F)c(F)c(F)c(OC(=O)OC2COC(=O)OC2)c1F.Cc1c(F)c(F)c(F)c(OC(=O)OCC2(C)COC(=O)OC2)c1F.Cc1c(F)c(F)c(F)c(OC(=O)OCC2COC(=O)O2)c1F.Cc1c(F)c(F)c(F)c(OC(=O)OCC2COC(=O)OC2)c1F. The molecule has 0 N–H and O–H groups in total. The number of halogens is 20. The van der Waals surface area contributed by atoms with E-state index in [9.17, 15) is 136 Å². The van der Waals surface area contributed by atoms with Crippen molar-refractivity contribution in [2.24, 2.45) is 16.7 Å². The molecule has 0 aromatic heterocycles. The Kier molecular flexibility index (Phi) is 31.8. The van der Waals surface area contributed by atoms with Crippen LogP contribution in [0.2, 0.25) is 0 Å². The van der Waals surface area contributed by atoms with Gasteiger partial charge >= 0.3 is 61.6 Å². The van der Waals surface area contributed by atoms with E-state index in [1.807, 2.05) is 0 Å². The van der Waals surface area contributed by atoms with Crippen LogP contribution < -0.4 is 23.7 Å². The van der Waals surface area contributed by atoms with Gasteiger partial charge in [-0.2, -0.15) is 22.0 Å². The molecule has 50 heteroatoms. The zero-order valence-electron chi connectivity index (χ0n) is 59.4. The lowest BCUT2D eigenvalue weighted by Gasteiger charge is -2.33. The van der Waals surface area contributed by atoms with Crippen LogP contribution in [0.1, 0.15) is 48.1 Å². The van der Waals surface area contributed by atoms with Crippen molar-refractivity contribution >= 4 is 61.6 Å². The zero-order chi connectivity index (χ0) is 86.9. The van der Waals surface area contributed by atoms with E-state index in [-0.39, 0.29) is 79.3 Å². The van der Waals surface area contributed by atoms with Crippen molar-refractivity contribution in [3.63, 3.8) is 0 Å². The Balaban J connectivity index is 0.000000226. The first-order valence-electron chi connectivity index (χ1n) is 31.7. The summed E-state index contributed by atoms with van der Waals surface area (Å²) in [5.41, 5.74) is -6.02. The molecule has 0 spiro atoms. The van der Waals surface area contributed by atoms with Crippen molar-refractivity contribution in [1.29, 1.82) is 0 Å². The minimum absolute atomic E-state index is 0.0842. The number of ether oxygens (including phenoxy) is 20. The van der Waals surface area contributed by atoms with Gasteiger partial charge in [0.05, 0.1) is 16.7 Å². The maximum Gasteiger partial charge on any atom is 0.514 e. The highest BCUT2D eigenvalue weighted by atomic mass is 19.2. The van der Waals surface area contributed by atoms with Crippen LogP contribution in [0.5, 0.6) is 28.7 Å². The number of carbonyl (C=O) groups is 10. The summed E-state index contributed by atoms with van der Waals surface area (Å²) in [5, 5.41) is 0. The molecule has 116 heavy (non-hydrogen) atoms. The lowest BCUT2D eigenvalue weighted by atomic mass is 9.87. The van der Waals surface area contributed by atoms with E-state index in [1.54, 1.807) is 13.8 Å². The van der Waals surface area contributed by atoms with Gasteiger partial charge < -0.3 is 94.7 Å². The Morgan fingerprint density at radius 1 is 0.319 bits per heavy atom. The molecule has 1 atom stereocenters. The Morgan fingerprint density at radius 2 is 0.595 bits per heavy atom. The molecule has 636 valence electrons. The molecule has 1 unspecified atom stereocenters. The van der Waals surface area contributed by atoms with Gasteiger partial charge in [0.25, 0.3) is 0 Å². The van der Waals surface area contributed by atoms with E-state index in [4.69, 9.17) is 14.2 Å². The monoisotopic (exact) mass is 1700 g/mol. The molecule has 10 rings (SSSR count). The molecule has 0 aliphatic carbocycles. The molecule has 5 aliphatic rings. The number of benzene rings is 5. The second kappa shape index (κ2) is 39.9. The van der Waals surface area contributed by atoms with Crippen LogP contribution in [-0.2, 0) is 71.1 Å². The standard InChI is InChI=1S/C15H14F4O6.C14H12F4O6.C13H10F4O6.2C12H8F4O6/c1-3-15(4-22-13(20)23-5-15)6-24-14(21)25-12-9(17)7(2)8(16)10(18)11(12)19;1-6-7(15)9(17)10(18)11(8(6)16)24-13(20)23-5-14(2)3-21-12(19)22-4-14;1-5-7(14)9(16)10(17)11(8(5)15)23-13(19)22-4-6-2-20-12(18)21-3-6;1-4-6(13)8(15)9(16)10(7(4)14)22-12(18)20-3-5-2-19-11(17)21-5;1-4-6(13)8(15)9(16)10(7(4)14)22-12(18)21-5-2-19-11(17)20-3-5/h3-6H2,1-2H3;3-5H2,1-2H3;6H,2-4H2,1H3;2*5H,2-3H2,1H3. The van der Waals surface area contributed by atoms with Crippen LogP contribution in [0.3, 0.4) is 0 Å². The van der Waals surface area contributed by atoms with Gasteiger partial charge in [0.15, 0.2) is 99.5 Å². The second-order valence-electron chi connectivity index (χ2n) is 24.0. The third kappa shape index (κ3) is 23.3. The molecule has 0 radical (unpaired) electrons. The Bertz CT molecular complexity index is 4440. The van der Waals surface area contributed by atoms with Gasteiger partial charge in [-0.05, 0) is 48.0 Å². The minimum Gasteiger partial charge on any atom is -0.434 e. The molecule has 5 heterocycles. The highest BCUT2D eigenvalue weighted by Gasteiger charge is 2.41. The molecule has 0 saturated carbocycles. The number of carbonyl (C=O) groups excluding carboxylic acids is 10. The van der Waals surface area contributed by atoms with Gasteiger partial charge in [-0.3, -0.25) is 0 Å². The fourth-order valence-electron chi connectivity index (χ4n) is 8.57.